The molecule has 0 aromatic heterocycles. The van der Waals surface area contributed by atoms with Crippen LogP contribution in [0.4, 0.5) is 4.79 Å². The Labute approximate surface area is 153 Å². The highest BCUT2D eigenvalue weighted by Gasteiger charge is 2.51. The molecule has 8 nitrogen and oxygen atoms in total. The largest absolute Gasteiger partial charge is 0.465 e. The molecule has 2 N–H and O–H groups in total. The quantitative estimate of drug-likeness (QED) is 0.698. The maximum atomic E-state index is 12.3. The fourth-order valence-corrected chi connectivity index (χ4v) is 4.14. The van der Waals surface area contributed by atoms with Gasteiger partial charge in [0.2, 0.25) is 11.8 Å². The second-order valence-electron chi connectivity index (χ2n) is 7.90. The van der Waals surface area contributed by atoms with Crippen LogP contribution in [0.1, 0.15) is 45.4 Å². The van der Waals surface area contributed by atoms with E-state index in [0.29, 0.717) is 39.0 Å². The highest BCUT2D eigenvalue weighted by atomic mass is 16.4. The van der Waals surface area contributed by atoms with Crippen molar-refractivity contribution in [2.75, 3.05) is 32.7 Å². The lowest BCUT2D eigenvalue weighted by molar-refractivity contribution is -0.139. The normalized spacial score (nSPS) is 27.8. The number of aliphatic hydroxyl groups is 1. The van der Waals surface area contributed by atoms with Crippen molar-refractivity contribution in [2.45, 2.75) is 57.6 Å². The number of carbonyl (C=O) groups excluding carboxylic acids is 2. The molecule has 0 aromatic rings. The molecule has 3 aliphatic rings. The van der Waals surface area contributed by atoms with Gasteiger partial charge >= 0.3 is 6.09 Å². The lowest BCUT2D eigenvalue weighted by Crippen LogP contribution is -2.57. The van der Waals surface area contributed by atoms with Crippen LogP contribution in [0.2, 0.25) is 0 Å². The van der Waals surface area contributed by atoms with E-state index in [-0.39, 0.29) is 23.3 Å². The molecule has 0 bridgehead atoms. The Bertz CT molecular complexity index is 577. The van der Waals surface area contributed by atoms with Crippen LogP contribution in [0.15, 0.2) is 0 Å². The summed E-state index contributed by atoms with van der Waals surface area (Å²) in [5.41, 5.74) is 0.103. The van der Waals surface area contributed by atoms with E-state index in [1.807, 2.05) is 0 Å². The second kappa shape index (κ2) is 7.42. The summed E-state index contributed by atoms with van der Waals surface area (Å²) in [5, 5.41) is 19.3. The van der Waals surface area contributed by atoms with Crippen molar-refractivity contribution in [3.8, 4) is 0 Å². The summed E-state index contributed by atoms with van der Waals surface area (Å²) in [4.78, 5) is 40.2. The fraction of sp³-hybridized carbons (Fsp3) is 0.833. The number of hydrogen-bond donors (Lipinski definition) is 2. The Balaban J connectivity index is 1.36. The summed E-state index contributed by atoms with van der Waals surface area (Å²) in [7, 11) is 0. The van der Waals surface area contributed by atoms with Gasteiger partial charge in [-0.05, 0) is 44.4 Å². The SMILES string of the molecule is CC1C(=O)N(CCCCC(=O)N2CCC3(CC3)C(O)C2)CCN1C(=O)O. The van der Waals surface area contributed by atoms with Gasteiger partial charge in [-0.1, -0.05) is 0 Å². The minimum atomic E-state index is -1.06. The summed E-state index contributed by atoms with van der Waals surface area (Å²) < 4.78 is 0. The lowest BCUT2D eigenvalue weighted by atomic mass is 9.90. The van der Waals surface area contributed by atoms with Crippen molar-refractivity contribution < 1.29 is 24.6 Å². The minimum absolute atomic E-state index is 0.0786. The Morgan fingerprint density at radius 3 is 2.50 bits per heavy atom. The van der Waals surface area contributed by atoms with Gasteiger partial charge in [0, 0.05) is 39.1 Å². The van der Waals surface area contributed by atoms with Gasteiger partial charge in [-0.3, -0.25) is 14.5 Å². The number of unbranched alkanes of at least 4 members (excludes halogenated alkanes) is 1. The molecule has 3 fully saturated rings. The van der Waals surface area contributed by atoms with E-state index < -0.39 is 12.1 Å². The van der Waals surface area contributed by atoms with E-state index in [9.17, 15) is 19.5 Å². The van der Waals surface area contributed by atoms with Gasteiger partial charge in [0.05, 0.1) is 6.10 Å². The molecule has 2 heterocycles. The van der Waals surface area contributed by atoms with Crippen molar-refractivity contribution >= 4 is 17.9 Å². The Hall–Kier alpha value is -1.83. The van der Waals surface area contributed by atoms with E-state index in [4.69, 9.17) is 5.11 Å². The van der Waals surface area contributed by atoms with E-state index in [1.165, 1.54) is 0 Å². The van der Waals surface area contributed by atoms with E-state index in [1.54, 1.807) is 16.7 Å². The number of amides is 3. The van der Waals surface area contributed by atoms with Gasteiger partial charge in [0.25, 0.3) is 0 Å². The third kappa shape index (κ3) is 3.79. The summed E-state index contributed by atoms with van der Waals surface area (Å²) >= 11 is 0. The molecule has 0 aromatic carbocycles. The van der Waals surface area contributed by atoms with Crippen molar-refractivity contribution in [1.29, 1.82) is 0 Å². The zero-order valence-electron chi connectivity index (χ0n) is 15.4. The van der Waals surface area contributed by atoms with Crippen LogP contribution in [0.3, 0.4) is 0 Å². The standard InChI is InChI=1S/C18H29N3O5/c1-13-16(24)19(10-11-21(13)17(25)26)8-3-2-4-15(23)20-9-7-18(5-6-18)14(22)12-20/h13-14,22H,2-12H2,1H3,(H,25,26). The number of carboxylic acid groups (broad SMARTS) is 1. The van der Waals surface area contributed by atoms with Crippen LogP contribution in [-0.4, -0.2) is 87.7 Å². The van der Waals surface area contributed by atoms with E-state index in [2.05, 4.69) is 0 Å². The predicted molar refractivity (Wildman–Crippen MR) is 93.5 cm³/mol. The Morgan fingerprint density at radius 2 is 1.88 bits per heavy atom. The van der Waals surface area contributed by atoms with Crippen molar-refractivity contribution in [2.24, 2.45) is 5.41 Å². The average Bonchev–Trinajstić information content (AvgIpc) is 3.38. The highest BCUT2D eigenvalue weighted by Crippen LogP contribution is 2.53. The van der Waals surface area contributed by atoms with Crippen LogP contribution >= 0.6 is 0 Å². The van der Waals surface area contributed by atoms with E-state index >= 15 is 0 Å². The minimum Gasteiger partial charge on any atom is -0.465 e. The Kier molecular flexibility index (Phi) is 5.41. The molecule has 26 heavy (non-hydrogen) atoms. The van der Waals surface area contributed by atoms with Crippen LogP contribution in [0.25, 0.3) is 0 Å². The number of likely N-dealkylation sites (tertiary alicyclic amines) is 1. The number of aliphatic hydroxyl groups excluding tert-OH is 1. The molecule has 146 valence electrons. The van der Waals surface area contributed by atoms with Gasteiger partial charge in [-0.2, -0.15) is 0 Å². The average molecular weight is 367 g/mol. The highest BCUT2D eigenvalue weighted by molar-refractivity contribution is 5.86. The third-order valence-electron chi connectivity index (χ3n) is 6.29. The molecular formula is C18H29N3O5. The molecule has 3 amide bonds. The smallest absolute Gasteiger partial charge is 0.408 e. The number of β-amino-alcohol motifs (C(OH)–C–C–N with tert-alkyl or cyclic N) is 1. The number of hydrogen-bond acceptors (Lipinski definition) is 4. The molecular weight excluding hydrogens is 338 g/mol. The maximum absolute atomic E-state index is 12.3. The van der Waals surface area contributed by atoms with Crippen molar-refractivity contribution in [1.82, 2.24) is 14.7 Å². The molecule has 1 spiro atoms. The Morgan fingerprint density at radius 1 is 1.15 bits per heavy atom. The maximum Gasteiger partial charge on any atom is 0.408 e. The van der Waals surface area contributed by atoms with Gasteiger partial charge in [-0.25, -0.2) is 4.79 Å². The molecule has 3 rings (SSSR count). The van der Waals surface area contributed by atoms with Crippen LogP contribution < -0.4 is 0 Å². The summed E-state index contributed by atoms with van der Waals surface area (Å²) in [6.07, 6.45) is 3.46. The summed E-state index contributed by atoms with van der Waals surface area (Å²) in [5.74, 6) is -0.0891. The molecule has 2 unspecified atom stereocenters. The number of nitrogens with zero attached hydrogens (tertiary/aromatic N) is 3. The molecule has 2 saturated heterocycles. The molecule has 2 atom stereocenters. The fourth-order valence-electron chi connectivity index (χ4n) is 4.14. The molecule has 2 aliphatic heterocycles. The first-order chi connectivity index (χ1) is 12.3. The number of carbonyl (C=O) groups is 3. The number of piperidine rings is 1. The summed E-state index contributed by atoms with van der Waals surface area (Å²) in [6.45, 7) is 4.09. The topological polar surface area (TPSA) is 101 Å². The van der Waals surface area contributed by atoms with Gasteiger partial charge < -0.3 is 20.0 Å². The number of piperazine rings is 1. The molecule has 1 aliphatic carbocycles. The summed E-state index contributed by atoms with van der Waals surface area (Å²) in [6, 6.07) is -0.646. The monoisotopic (exact) mass is 367 g/mol. The zero-order chi connectivity index (χ0) is 18.9. The number of rotatable bonds is 5. The van der Waals surface area contributed by atoms with Gasteiger partial charge in [-0.15, -0.1) is 0 Å². The first-order valence-corrected chi connectivity index (χ1v) is 9.58. The first-order valence-electron chi connectivity index (χ1n) is 9.58. The van der Waals surface area contributed by atoms with Gasteiger partial charge in [0.1, 0.15) is 6.04 Å². The molecule has 8 heteroatoms. The van der Waals surface area contributed by atoms with Crippen LogP contribution in [0.5, 0.6) is 0 Å². The van der Waals surface area contributed by atoms with Crippen molar-refractivity contribution in [3.05, 3.63) is 0 Å². The van der Waals surface area contributed by atoms with Gasteiger partial charge in [0.15, 0.2) is 0 Å². The van der Waals surface area contributed by atoms with Crippen molar-refractivity contribution in [3.63, 3.8) is 0 Å². The second-order valence-corrected chi connectivity index (χ2v) is 7.90. The zero-order valence-corrected chi connectivity index (χ0v) is 15.4. The van der Waals surface area contributed by atoms with Crippen LogP contribution in [-0.2, 0) is 9.59 Å². The molecule has 0 radical (unpaired) electrons. The molecule has 1 saturated carbocycles. The lowest BCUT2D eigenvalue weighted by Gasteiger charge is -2.37. The third-order valence-corrected chi connectivity index (χ3v) is 6.29. The predicted octanol–water partition coefficient (Wildman–Crippen LogP) is 0.741. The first kappa shape index (κ1) is 18.9. The van der Waals surface area contributed by atoms with Crippen LogP contribution in [0, 0.1) is 5.41 Å². The van der Waals surface area contributed by atoms with E-state index in [0.717, 1.165) is 37.1 Å².